The fourth-order valence-corrected chi connectivity index (χ4v) is 1.51. The average molecular weight is 242 g/mol. The van der Waals surface area contributed by atoms with Gasteiger partial charge in [-0.05, 0) is 26.0 Å². The van der Waals surface area contributed by atoms with Gasteiger partial charge in [0.1, 0.15) is 11.5 Å². The van der Waals surface area contributed by atoms with Crippen molar-refractivity contribution in [3.63, 3.8) is 0 Å². The largest absolute Gasteiger partial charge is 0.396 e. The van der Waals surface area contributed by atoms with Crippen LogP contribution in [-0.4, -0.2) is 9.78 Å². The average Bonchev–Trinajstić information content (AvgIpc) is 2.47. The molecular weight excluding hydrogens is 229 g/mol. The Morgan fingerprint density at radius 3 is 2.38 bits per heavy atom. The predicted octanol–water partition coefficient (Wildman–Crippen LogP) is 2.63. The van der Waals surface area contributed by atoms with Crippen LogP contribution in [0.1, 0.15) is 11.4 Å². The van der Waals surface area contributed by atoms with E-state index in [0.717, 1.165) is 11.4 Å². The molecule has 0 aliphatic rings. The van der Waals surface area contributed by atoms with Gasteiger partial charge in [0.05, 0.1) is 17.1 Å². The Kier molecular flexibility index (Phi) is 3.55. The van der Waals surface area contributed by atoms with E-state index in [4.69, 9.17) is 5.73 Å². The highest BCUT2D eigenvalue weighted by atomic mass is 35.5. The second kappa shape index (κ2) is 4.53. The lowest BCUT2D eigenvalue weighted by atomic mass is 10.3. The lowest BCUT2D eigenvalue weighted by Gasteiger charge is -2.04. The molecule has 2 aromatic rings. The standard InChI is InChI=1S/C11H12FN3.ClH/c1-7-11(13)8(2)15(14-7)10-6-4-3-5-9(10)12;/h3-6H,13H2,1-2H3;1H. The first-order chi connectivity index (χ1) is 7.11. The van der Waals surface area contributed by atoms with Crippen LogP contribution in [0.4, 0.5) is 10.1 Å². The van der Waals surface area contributed by atoms with E-state index in [9.17, 15) is 4.39 Å². The van der Waals surface area contributed by atoms with E-state index < -0.39 is 0 Å². The summed E-state index contributed by atoms with van der Waals surface area (Å²) in [6.07, 6.45) is 0. The van der Waals surface area contributed by atoms with Crippen molar-refractivity contribution in [3.8, 4) is 5.69 Å². The summed E-state index contributed by atoms with van der Waals surface area (Å²) in [7, 11) is 0. The highest BCUT2D eigenvalue weighted by molar-refractivity contribution is 5.85. The molecule has 0 radical (unpaired) electrons. The van der Waals surface area contributed by atoms with Gasteiger partial charge in [0.15, 0.2) is 0 Å². The summed E-state index contributed by atoms with van der Waals surface area (Å²) in [5.74, 6) is -0.303. The number of anilines is 1. The van der Waals surface area contributed by atoms with E-state index in [2.05, 4.69) is 5.10 Å². The van der Waals surface area contributed by atoms with Gasteiger partial charge in [-0.25, -0.2) is 9.07 Å². The molecule has 2 N–H and O–H groups in total. The van der Waals surface area contributed by atoms with Gasteiger partial charge in [-0.3, -0.25) is 0 Å². The summed E-state index contributed by atoms with van der Waals surface area (Å²) in [5.41, 5.74) is 8.30. The SMILES string of the molecule is Cc1nn(-c2ccccc2F)c(C)c1N.Cl. The highest BCUT2D eigenvalue weighted by Gasteiger charge is 2.11. The third-order valence-corrected chi connectivity index (χ3v) is 2.43. The maximum absolute atomic E-state index is 13.5. The minimum atomic E-state index is -0.303. The van der Waals surface area contributed by atoms with Crippen molar-refractivity contribution in [2.45, 2.75) is 13.8 Å². The van der Waals surface area contributed by atoms with Crippen molar-refractivity contribution in [2.24, 2.45) is 0 Å². The molecule has 1 aromatic heterocycles. The van der Waals surface area contributed by atoms with E-state index in [1.165, 1.54) is 10.7 Å². The number of hydrogen-bond donors (Lipinski definition) is 1. The van der Waals surface area contributed by atoms with Crippen LogP contribution in [0.2, 0.25) is 0 Å². The molecular formula is C11H13ClFN3. The van der Waals surface area contributed by atoms with Crippen LogP contribution >= 0.6 is 12.4 Å². The van der Waals surface area contributed by atoms with Gasteiger partial charge in [0, 0.05) is 0 Å². The molecule has 2 rings (SSSR count). The molecule has 0 amide bonds. The van der Waals surface area contributed by atoms with E-state index in [0.29, 0.717) is 11.4 Å². The zero-order valence-corrected chi connectivity index (χ0v) is 9.88. The summed E-state index contributed by atoms with van der Waals surface area (Å²) in [5, 5.41) is 4.19. The predicted molar refractivity (Wildman–Crippen MR) is 64.7 cm³/mol. The molecule has 3 nitrogen and oxygen atoms in total. The first-order valence-corrected chi connectivity index (χ1v) is 4.68. The molecule has 5 heteroatoms. The number of halogens is 2. The first-order valence-electron chi connectivity index (χ1n) is 4.68. The molecule has 86 valence electrons. The molecule has 0 atom stereocenters. The highest BCUT2D eigenvalue weighted by Crippen LogP contribution is 2.20. The lowest BCUT2D eigenvalue weighted by molar-refractivity contribution is 0.608. The second-order valence-electron chi connectivity index (χ2n) is 3.45. The Hall–Kier alpha value is -1.55. The van der Waals surface area contributed by atoms with Gasteiger partial charge < -0.3 is 5.73 Å². The van der Waals surface area contributed by atoms with Crippen molar-refractivity contribution >= 4 is 18.1 Å². The van der Waals surface area contributed by atoms with Crippen LogP contribution in [0.25, 0.3) is 5.69 Å². The molecule has 0 unspecified atom stereocenters. The second-order valence-corrected chi connectivity index (χ2v) is 3.45. The van der Waals surface area contributed by atoms with Crippen LogP contribution in [0.5, 0.6) is 0 Å². The van der Waals surface area contributed by atoms with Crippen LogP contribution in [-0.2, 0) is 0 Å². The number of aryl methyl sites for hydroxylation is 1. The Balaban J connectivity index is 0.00000128. The fraction of sp³-hybridized carbons (Fsp3) is 0.182. The molecule has 16 heavy (non-hydrogen) atoms. The van der Waals surface area contributed by atoms with Crippen LogP contribution in [0.3, 0.4) is 0 Å². The lowest BCUT2D eigenvalue weighted by Crippen LogP contribution is -2.02. The number of rotatable bonds is 1. The zero-order chi connectivity index (χ0) is 11.0. The van der Waals surface area contributed by atoms with E-state index >= 15 is 0 Å². The normalized spacial score (nSPS) is 9.94. The van der Waals surface area contributed by atoms with Crippen LogP contribution in [0.15, 0.2) is 24.3 Å². The van der Waals surface area contributed by atoms with E-state index in [1.54, 1.807) is 25.1 Å². The number of nitrogens with two attached hydrogens (primary N) is 1. The molecule has 1 aromatic carbocycles. The van der Waals surface area contributed by atoms with Gasteiger partial charge in [0.2, 0.25) is 0 Å². The number of para-hydroxylation sites is 1. The number of nitrogens with zero attached hydrogens (tertiary/aromatic N) is 2. The number of nitrogen functional groups attached to an aromatic ring is 1. The van der Waals surface area contributed by atoms with Gasteiger partial charge in [-0.15, -0.1) is 12.4 Å². The van der Waals surface area contributed by atoms with Gasteiger partial charge >= 0.3 is 0 Å². The van der Waals surface area contributed by atoms with E-state index in [1.807, 2.05) is 6.92 Å². The molecule has 0 fully saturated rings. The van der Waals surface area contributed by atoms with Crippen molar-refractivity contribution in [3.05, 3.63) is 41.5 Å². The Bertz CT molecular complexity index is 508. The third kappa shape index (κ3) is 1.88. The third-order valence-electron chi connectivity index (χ3n) is 2.43. The monoisotopic (exact) mass is 241 g/mol. The molecule has 0 saturated heterocycles. The summed E-state index contributed by atoms with van der Waals surface area (Å²) >= 11 is 0. The first kappa shape index (κ1) is 12.5. The van der Waals surface area contributed by atoms with Gasteiger partial charge in [-0.1, -0.05) is 12.1 Å². The minimum Gasteiger partial charge on any atom is -0.396 e. The molecule has 0 bridgehead atoms. The Morgan fingerprint density at radius 2 is 1.88 bits per heavy atom. The smallest absolute Gasteiger partial charge is 0.148 e. The maximum Gasteiger partial charge on any atom is 0.148 e. The topological polar surface area (TPSA) is 43.8 Å². The Morgan fingerprint density at radius 1 is 1.25 bits per heavy atom. The summed E-state index contributed by atoms with van der Waals surface area (Å²) < 4.78 is 15.0. The number of aromatic nitrogens is 2. The van der Waals surface area contributed by atoms with Crippen molar-refractivity contribution < 1.29 is 4.39 Å². The Labute approximate surface area is 99.5 Å². The minimum absolute atomic E-state index is 0. The summed E-state index contributed by atoms with van der Waals surface area (Å²) in [6, 6.07) is 6.50. The molecule has 0 saturated carbocycles. The molecule has 0 aliphatic carbocycles. The van der Waals surface area contributed by atoms with E-state index in [-0.39, 0.29) is 18.2 Å². The fourth-order valence-electron chi connectivity index (χ4n) is 1.51. The molecule has 1 heterocycles. The molecule has 0 aliphatic heterocycles. The van der Waals surface area contributed by atoms with Crippen molar-refractivity contribution in [1.29, 1.82) is 0 Å². The zero-order valence-electron chi connectivity index (χ0n) is 9.07. The molecule has 0 spiro atoms. The maximum atomic E-state index is 13.5. The summed E-state index contributed by atoms with van der Waals surface area (Å²) in [4.78, 5) is 0. The van der Waals surface area contributed by atoms with Crippen molar-refractivity contribution in [1.82, 2.24) is 9.78 Å². The quantitative estimate of drug-likeness (QED) is 0.834. The number of benzene rings is 1. The van der Waals surface area contributed by atoms with Gasteiger partial charge in [0.25, 0.3) is 0 Å². The van der Waals surface area contributed by atoms with Gasteiger partial charge in [-0.2, -0.15) is 5.10 Å². The number of hydrogen-bond acceptors (Lipinski definition) is 2. The van der Waals surface area contributed by atoms with Crippen molar-refractivity contribution in [2.75, 3.05) is 5.73 Å². The van der Waals surface area contributed by atoms with Crippen LogP contribution < -0.4 is 5.73 Å². The summed E-state index contributed by atoms with van der Waals surface area (Å²) in [6.45, 7) is 3.63. The van der Waals surface area contributed by atoms with Crippen LogP contribution in [0, 0.1) is 19.7 Å².